The van der Waals surface area contributed by atoms with Crippen LogP contribution in [0, 0.1) is 3.57 Å². The molecule has 1 fully saturated rings. The summed E-state index contributed by atoms with van der Waals surface area (Å²) < 4.78 is 57.4. The largest absolute Gasteiger partial charge is 0.495 e. The van der Waals surface area contributed by atoms with Crippen LogP contribution in [0.1, 0.15) is 23.6 Å². The monoisotopic (exact) mass is 762 g/mol. The van der Waals surface area contributed by atoms with Gasteiger partial charge in [0.2, 0.25) is 5.91 Å². The first kappa shape index (κ1) is 33.1. The lowest BCUT2D eigenvalue weighted by Crippen LogP contribution is -2.36. The maximum atomic E-state index is 13.2. The molecule has 0 unspecified atom stereocenters. The standard InChI is InChI=1S/C33H26F3IN2O6S/c1-3-44-27-14-19(13-24(37)30(27)45-18-21-9-6-8-20-7-4-5-10-23(20)21)15-28-31(41)39(32(42)46-28)17-29(40)38-25-16-22(33(34,35)36)11-12-26(25)43-2/h4-16H,3,17-18H2,1-2H3,(H,38,40)/b28-15-. The molecule has 1 aliphatic rings. The maximum absolute atomic E-state index is 13.2. The molecule has 1 aliphatic heterocycles. The van der Waals surface area contributed by atoms with Crippen LogP contribution in [0.2, 0.25) is 0 Å². The molecule has 0 aliphatic carbocycles. The predicted molar refractivity (Wildman–Crippen MR) is 178 cm³/mol. The number of anilines is 1. The Morgan fingerprint density at radius 1 is 1.00 bits per heavy atom. The molecule has 0 spiro atoms. The van der Waals surface area contributed by atoms with Gasteiger partial charge in [-0.15, -0.1) is 0 Å². The van der Waals surface area contributed by atoms with Gasteiger partial charge >= 0.3 is 6.18 Å². The van der Waals surface area contributed by atoms with Crippen LogP contribution < -0.4 is 19.5 Å². The van der Waals surface area contributed by atoms with Gasteiger partial charge in [-0.1, -0.05) is 42.5 Å². The Morgan fingerprint density at radius 2 is 1.76 bits per heavy atom. The number of methoxy groups -OCH3 is 1. The highest BCUT2D eigenvalue weighted by Gasteiger charge is 2.37. The van der Waals surface area contributed by atoms with Gasteiger partial charge in [-0.05, 0) is 99.6 Å². The van der Waals surface area contributed by atoms with Crippen LogP contribution in [-0.2, 0) is 22.4 Å². The third kappa shape index (κ3) is 7.41. The molecule has 1 heterocycles. The van der Waals surface area contributed by atoms with E-state index in [4.69, 9.17) is 14.2 Å². The van der Waals surface area contributed by atoms with E-state index in [1.165, 1.54) is 13.2 Å². The van der Waals surface area contributed by atoms with Crippen LogP contribution in [0.15, 0.2) is 77.7 Å². The fourth-order valence-corrected chi connectivity index (χ4v) is 6.36. The minimum Gasteiger partial charge on any atom is -0.495 e. The summed E-state index contributed by atoms with van der Waals surface area (Å²) in [4.78, 5) is 39.4. The molecule has 0 bridgehead atoms. The number of ether oxygens (including phenoxy) is 3. The number of nitrogens with one attached hydrogen (secondary N) is 1. The highest BCUT2D eigenvalue weighted by molar-refractivity contribution is 14.1. The SMILES string of the molecule is CCOc1cc(/C=C2\SC(=O)N(CC(=O)Nc3cc(C(F)(F)F)ccc3OC)C2=O)cc(I)c1OCc1cccc2ccccc12. The molecular weight excluding hydrogens is 736 g/mol. The summed E-state index contributed by atoms with van der Waals surface area (Å²) in [5, 5.41) is 3.78. The number of carbonyl (C=O) groups excluding carboxylic acids is 3. The summed E-state index contributed by atoms with van der Waals surface area (Å²) in [7, 11) is 1.24. The minimum atomic E-state index is -4.65. The normalized spacial score (nSPS) is 14.2. The number of hydrogen-bond donors (Lipinski definition) is 1. The summed E-state index contributed by atoms with van der Waals surface area (Å²) in [6, 6.07) is 20.1. The van der Waals surface area contributed by atoms with E-state index in [1.807, 2.05) is 49.4 Å². The average molecular weight is 763 g/mol. The number of rotatable bonds is 10. The number of hydrogen-bond acceptors (Lipinski definition) is 7. The zero-order chi connectivity index (χ0) is 33.0. The van der Waals surface area contributed by atoms with Gasteiger partial charge in [0, 0.05) is 0 Å². The van der Waals surface area contributed by atoms with Gasteiger partial charge < -0.3 is 19.5 Å². The molecule has 0 radical (unpaired) electrons. The van der Waals surface area contributed by atoms with E-state index in [2.05, 4.69) is 27.9 Å². The highest BCUT2D eigenvalue weighted by atomic mass is 127. The molecule has 0 aromatic heterocycles. The number of halogens is 4. The van der Waals surface area contributed by atoms with Crippen molar-refractivity contribution in [2.24, 2.45) is 0 Å². The quantitative estimate of drug-likeness (QED) is 0.129. The van der Waals surface area contributed by atoms with Gasteiger partial charge in [-0.2, -0.15) is 13.2 Å². The second-order valence-corrected chi connectivity index (χ2v) is 12.1. The fourth-order valence-electron chi connectivity index (χ4n) is 4.75. The van der Waals surface area contributed by atoms with Crippen molar-refractivity contribution in [2.45, 2.75) is 19.7 Å². The topological polar surface area (TPSA) is 94.2 Å². The first-order chi connectivity index (χ1) is 22.0. The zero-order valence-corrected chi connectivity index (χ0v) is 27.4. The minimum absolute atomic E-state index is 0.0142. The zero-order valence-electron chi connectivity index (χ0n) is 24.4. The fraction of sp³-hybridized carbons (Fsp3) is 0.182. The number of fused-ring (bicyclic) bond motifs is 1. The Bertz CT molecular complexity index is 1860. The summed E-state index contributed by atoms with van der Waals surface area (Å²) in [5.74, 6) is -0.621. The van der Waals surface area contributed by atoms with Crippen LogP contribution in [0.25, 0.3) is 16.8 Å². The van der Waals surface area contributed by atoms with Crippen molar-refractivity contribution >= 4 is 73.9 Å². The molecule has 238 valence electrons. The van der Waals surface area contributed by atoms with Crippen LogP contribution in [-0.4, -0.2) is 42.2 Å². The molecule has 8 nitrogen and oxygen atoms in total. The Balaban J connectivity index is 1.32. The number of benzene rings is 4. The molecule has 3 amide bonds. The van der Waals surface area contributed by atoms with E-state index in [0.29, 0.717) is 45.6 Å². The van der Waals surface area contributed by atoms with Crippen molar-refractivity contribution < 1.29 is 41.8 Å². The molecule has 4 aromatic carbocycles. The Hall–Kier alpha value is -4.24. The van der Waals surface area contributed by atoms with Gasteiger partial charge in [-0.3, -0.25) is 19.3 Å². The molecular formula is C33H26F3IN2O6S. The molecule has 1 saturated heterocycles. The maximum Gasteiger partial charge on any atom is 0.416 e. The second kappa shape index (κ2) is 14.0. The lowest BCUT2D eigenvalue weighted by Gasteiger charge is -2.16. The lowest BCUT2D eigenvalue weighted by atomic mass is 10.1. The second-order valence-electron chi connectivity index (χ2n) is 9.92. The van der Waals surface area contributed by atoms with E-state index >= 15 is 0 Å². The molecule has 5 rings (SSSR count). The van der Waals surface area contributed by atoms with Crippen molar-refractivity contribution in [3.05, 3.63) is 98.0 Å². The number of imide groups is 1. The Kier molecular flexibility index (Phi) is 10.1. The summed E-state index contributed by atoms with van der Waals surface area (Å²) in [5.41, 5.74) is 0.327. The number of alkyl halides is 3. The van der Waals surface area contributed by atoms with Gasteiger partial charge in [0.05, 0.1) is 33.4 Å². The van der Waals surface area contributed by atoms with Gasteiger partial charge in [0.25, 0.3) is 11.1 Å². The molecule has 46 heavy (non-hydrogen) atoms. The van der Waals surface area contributed by atoms with Gasteiger partial charge in [0.1, 0.15) is 18.9 Å². The van der Waals surface area contributed by atoms with Crippen LogP contribution >= 0.6 is 34.4 Å². The van der Waals surface area contributed by atoms with E-state index in [1.54, 1.807) is 12.1 Å². The van der Waals surface area contributed by atoms with Gasteiger partial charge in [0.15, 0.2) is 11.5 Å². The highest BCUT2D eigenvalue weighted by Crippen LogP contribution is 2.39. The van der Waals surface area contributed by atoms with Crippen LogP contribution in [0.3, 0.4) is 0 Å². The number of nitrogens with zero attached hydrogens (tertiary/aromatic N) is 1. The van der Waals surface area contributed by atoms with E-state index in [0.717, 1.165) is 39.4 Å². The van der Waals surface area contributed by atoms with Crippen molar-refractivity contribution in [1.82, 2.24) is 4.90 Å². The molecule has 13 heteroatoms. The number of carbonyl (C=O) groups is 3. The molecule has 0 saturated carbocycles. The smallest absolute Gasteiger partial charge is 0.416 e. The molecule has 1 N–H and O–H groups in total. The van der Waals surface area contributed by atoms with Crippen molar-refractivity contribution in [3.63, 3.8) is 0 Å². The Labute approximate surface area is 280 Å². The van der Waals surface area contributed by atoms with Crippen molar-refractivity contribution in [2.75, 3.05) is 25.6 Å². The first-order valence-electron chi connectivity index (χ1n) is 13.8. The molecule has 0 atom stereocenters. The third-order valence-electron chi connectivity index (χ3n) is 6.86. The van der Waals surface area contributed by atoms with Crippen molar-refractivity contribution in [1.29, 1.82) is 0 Å². The van der Waals surface area contributed by atoms with Crippen LogP contribution in [0.5, 0.6) is 17.2 Å². The van der Waals surface area contributed by atoms with Crippen molar-refractivity contribution in [3.8, 4) is 17.2 Å². The predicted octanol–water partition coefficient (Wildman–Crippen LogP) is 8.12. The van der Waals surface area contributed by atoms with E-state index < -0.39 is 35.3 Å². The number of amides is 3. The first-order valence-corrected chi connectivity index (χ1v) is 15.7. The summed E-state index contributed by atoms with van der Waals surface area (Å²) >= 11 is 2.76. The van der Waals surface area contributed by atoms with Gasteiger partial charge in [-0.25, -0.2) is 0 Å². The average Bonchev–Trinajstić information content (AvgIpc) is 3.27. The third-order valence-corrected chi connectivity index (χ3v) is 8.57. The van der Waals surface area contributed by atoms with E-state index in [-0.39, 0.29) is 16.3 Å². The molecule has 4 aromatic rings. The number of thioether (sulfide) groups is 1. The summed E-state index contributed by atoms with van der Waals surface area (Å²) in [6.07, 6.45) is -3.14. The van der Waals surface area contributed by atoms with Crippen LogP contribution in [0.4, 0.5) is 23.7 Å². The van der Waals surface area contributed by atoms with E-state index in [9.17, 15) is 27.6 Å². The lowest BCUT2D eigenvalue weighted by molar-refractivity contribution is -0.137. The Morgan fingerprint density at radius 3 is 2.50 bits per heavy atom. The summed E-state index contributed by atoms with van der Waals surface area (Å²) in [6.45, 7) is 1.78.